The number of rotatable bonds is 6. The van der Waals surface area contributed by atoms with E-state index in [1.807, 2.05) is 0 Å². The summed E-state index contributed by atoms with van der Waals surface area (Å²) in [7, 11) is 0. The number of amides is 2. The molecule has 3 N–H and O–H groups in total. The van der Waals surface area contributed by atoms with Crippen LogP contribution in [-0.4, -0.2) is 30.9 Å². The van der Waals surface area contributed by atoms with Crippen molar-refractivity contribution in [3.05, 3.63) is 24.3 Å². The summed E-state index contributed by atoms with van der Waals surface area (Å²) >= 11 is 0. The van der Waals surface area contributed by atoms with Crippen molar-refractivity contribution in [3.63, 3.8) is 0 Å². The molecule has 16 heavy (non-hydrogen) atoms. The third-order valence-corrected chi connectivity index (χ3v) is 1.34. The minimum Gasteiger partial charge on any atom is -0.452 e. The molecule has 0 aromatic heterocycles. The maximum Gasteiger partial charge on any atom is 0.331 e. The van der Waals surface area contributed by atoms with Gasteiger partial charge in [-0.15, -0.1) is 0 Å². The first-order chi connectivity index (χ1) is 7.56. The Hall–Kier alpha value is -2.11. The highest BCUT2D eigenvalue weighted by molar-refractivity contribution is 5.87. The van der Waals surface area contributed by atoms with Gasteiger partial charge < -0.3 is 15.8 Å². The van der Waals surface area contributed by atoms with Crippen LogP contribution in [0.15, 0.2) is 24.3 Å². The second kappa shape index (κ2) is 8.22. The highest BCUT2D eigenvalue weighted by atomic mass is 16.5. The van der Waals surface area contributed by atoms with Gasteiger partial charge in [0.15, 0.2) is 6.61 Å². The number of carbonyl (C=O) groups excluding carboxylic acids is 3. The summed E-state index contributed by atoms with van der Waals surface area (Å²) in [5.74, 6) is -1.87. The van der Waals surface area contributed by atoms with Gasteiger partial charge in [-0.25, -0.2) is 4.79 Å². The summed E-state index contributed by atoms with van der Waals surface area (Å²) in [6, 6.07) is 0. The van der Waals surface area contributed by atoms with E-state index in [0.29, 0.717) is 0 Å². The van der Waals surface area contributed by atoms with Crippen LogP contribution in [0.3, 0.4) is 0 Å². The molecule has 0 fully saturated rings. The summed E-state index contributed by atoms with van der Waals surface area (Å²) in [4.78, 5) is 32.2. The molecule has 88 valence electrons. The Balaban J connectivity index is 3.75. The summed E-state index contributed by atoms with van der Waals surface area (Å²) in [6.07, 6.45) is 6.06. The number of nitrogens with one attached hydrogen (secondary N) is 1. The summed E-state index contributed by atoms with van der Waals surface area (Å²) in [5.41, 5.74) is 4.80. The van der Waals surface area contributed by atoms with Gasteiger partial charge in [-0.05, 0) is 6.92 Å². The fraction of sp³-hybridized carbons (Fsp3) is 0.300. The van der Waals surface area contributed by atoms with E-state index in [-0.39, 0.29) is 6.54 Å². The maximum absolute atomic E-state index is 10.9. The van der Waals surface area contributed by atoms with Crippen LogP contribution in [0.5, 0.6) is 0 Å². The third kappa shape index (κ3) is 8.49. The molecule has 0 radical (unpaired) electrons. The van der Waals surface area contributed by atoms with Gasteiger partial charge in [0.1, 0.15) is 0 Å². The van der Waals surface area contributed by atoms with Crippen molar-refractivity contribution >= 4 is 17.8 Å². The van der Waals surface area contributed by atoms with Crippen LogP contribution in [0.25, 0.3) is 0 Å². The fourth-order valence-corrected chi connectivity index (χ4v) is 0.667. The lowest BCUT2D eigenvalue weighted by atomic mass is 10.4. The Morgan fingerprint density at radius 2 is 2.00 bits per heavy atom. The summed E-state index contributed by atoms with van der Waals surface area (Å²) in [6.45, 7) is 1.09. The monoisotopic (exact) mass is 226 g/mol. The molecule has 0 aromatic carbocycles. The lowest BCUT2D eigenvalue weighted by molar-refractivity contribution is -0.143. The normalized spacial score (nSPS) is 10.6. The van der Waals surface area contributed by atoms with E-state index >= 15 is 0 Å². The molecule has 6 nitrogen and oxygen atoms in total. The van der Waals surface area contributed by atoms with Crippen LogP contribution < -0.4 is 11.1 Å². The number of carbonyl (C=O) groups is 3. The van der Waals surface area contributed by atoms with Crippen molar-refractivity contribution in [1.82, 2.24) is 5.32 Å². The van der Waals surface area contributed by atoms with Gasteiger partial charge >= 0.3 is 5.97 Å². The van der Waals surface area contributed by atoms with Crippen molar-refractivity contribution in [1.29, 1.82) is 0 Å². The van der Waals surface area contributed by atoms with Crippen LogP contribution in [0, 0.1) is 0 Å². The standard InChI is InChI=1S/C10H14N2O4/c1-2-3-4-5-10(15)16-7-9(14)12-6-8(11)13/h2-5H,6-7H2,1H3,(H2,11,13)(H,12,14)/b3-2+,5-4+. The highest BCUT2D eigenvalue weighted by Crippen LogP contribution is 1.83. The molecule has 2 amide bonds. The van der Waals surface area contributed by atoms with Crippen molar-refractivity contribution in [2.24, 2.45) is 5.73 Å². The number of nitrogens with two attached hydrogens (primary N) is 1. The minimum absolute atomic E-state index is 0.273. The summed E-state index contributed by atoms with van der Waals surface area (Å²) < 4.78 is 4.56. The van der Waals surface area contributed by atoms with Gasteiger partial charge in [0, 0.05) is 6.08 Å². The Labute approximate surface area is 93.1 Å². The van der Waals surface area contributed by atoms with E-state index in [0.717, 1.165) is 0 Å². The fourth-order valence-electron chi connectivity index (χ4n) is 0.667. The van der Waals surface area contributed by atoms with Crippen LogP contribution in [0.2, 0.25) is 0 Å². The predicted octanol–water partition coefficient (Wildman–Crippen LogP) is -0.737. The highest BCUT2D eigenvalue weighted by Gasteiger charge is 2.05. The largest absolute Gasteiger partial charge is 0.452 e. The first-order valence-electron chi connectivity index (χ1n) is 4.57. The lowest BCUT2D eigenvalue weighted by Crippen LogP contribution is -2.35. The Bertz CT molecular complexity index is 321. The van der Waals surface area contributed by atoms with Crippen molar-refractivity contribution in [2.75, 3.05) is 13.2 Å². The third-order valence-electron chi connectivity index (χ3n) is 1.34. The lowest BCUT2D eigenvalue weighted by Gasteiger charge is -2.02. The molecular weight excluding hydrogens is 212 g/mol. The van der Waals surface area contributed by atoms with Gasteiger partial charge in [0.25, 0.3) is 5.91 Å². The maximum atomic E-state index is 10.9. The van der Waals surface area contributed by atoms with Gasteiger partial charge in [-0.3, -0.25) is 9.59 Å². The molecule has 0 aliphatic heterocycles. The zero-order chi connectivity index (χ0) is 12.4. The number of primary amides is 1. The quantitative estimate of drug-likeness (QED) is 0.354. The Kier molecular flexibility index (Phi) is 7.14. The predicted molar refractivity (Wildman–Crippen MR) is 57.1 cm³/mol. The number of esters is 1. The van der Waals surface area contributed by atoms with E-state index in [9.17, 15) is 14.4 Å². The summed E-state index contributed by atoms with van der Waals surface area (Å²) in [5, 5.41) is 2.18. The van der Waals surface area contributed by atoms with Gasteiger partial charge in [-0.2, -0.15) is 0 Å². The number of ether oxygens (including phenoxy) is 1. The molecule has 0 heterocycles. The number of hydrogen-bond acceptors (Lipinski definition) is 4. The van der Waals surface area contributed by atoms with E-state index in [1.165, 1.54) is 12.2 Å². The molecule has 0 spiro atoms. The molecule has 0 aliphatic rings. The van der Waals surface area contributed by atoms with Crippen LogP contribution >= 0.6 is 0 Å². The molecule has 0 aromatic rings. The SMILES string of the molecule is C/C=C/C=C/C(=O)OCC(=O)NCC(N)=O. The van der Waals surface area contributed by atoms with Crippen LogP contribution in [0.1, 0.15) is 6.92 Å². The Morgan fingerprint density at radius 1 is 1.31 bits per heavy atom. The van der Waals surface area contributed by atoms with E-state index in [2.05, 4.69) is 10.1 Å². The van der Waals surface area contributed by atoms with Crippen LogP contribution in [0.4, 0.5) is 0 Å². The van der Waals surface area contributed by atoms with Crippen molar-refractivity contribution < 1.29 is 19.1 Å². The Morgan fingerprint density at radius 3 is 2.56 bits per heavy atom. The smallest absolute Gasteiger partial charge is 0.331 e. The molecule has 0 saturated heterocycles. The molecule has 0 unspecified atom stereocenters. The molecule has 0 atom stereocenters. The zero-order valence-electron chi connectivity index (χ0n) is 8.93. The average Bonchev–Trinajstić information content (AvgIpc) is 2.24. The molecule has 0 saturated carbocycles. The zero-order valence-corrected chi connectivity index (χ0v) is 8.93. The topological polar surface area (TPSA) is 98.5 Å². The molecule has 0 rings (SSSR count). The number of hydrogen-bond donors (Lipinski definition) is 2. The second-order valence-corrected chi connectivity index (χ2v) is 2.74. The minimum atomic E-state index is -0.660. The second-order valence-electron chi connectivity index (χ2n) is 2.74. The first kappa shape index (κ1) is 13.9. The molecule has 0 bridgehead atoms. The van der Waals surface area contributed by atoms with Crippen molar-refractivity contribution in [3.8, 4) is 0 Å². The molecule has 6 heteroatoms. The van der Waals surface area contributed by atoms with Crippen LogP contribution in [-0.2, 0) is 19.1 Å². The van der Waals surface area contributed by atoms with E-state index < -0.39 is 24.4 Å². The van der Waals surface area contributed by atoms with Gasteiger partial charge in [0.2, 0.25) is 5.91 Å². The average molecular weight is 226 g/mol. The molecular formula is C10H14N2O4. The van der Waals surface area contributed by atoms with Gasteiger partial charge in [0.05, 0.1) is 6.54 Å². The van der Waals surface area contributed by atoms with Crippen molar-refractivity contribution in [2.45, 2.75) is 6.92 Å². The first-order valence-corrected chi connectivity index (χ1v) is 4.57. The van der Waals surface area contributed by atoms with Gasteiger partial charge in [-0.1, -0.05) is 18.2 Å². The number of allylic oxidation sites excluding steroid dienone is 3. The molecule has 0 aliphatic carbocycles. The van der Waals surface area contributed by atoms with E-state index in [4.69, 9.17) is 5.73 Å². The van der Waals surface area contributed by atoms with E-state index in [1.54, 1.807) is 19.1 Å².